The summed E-state index contributed by atoms with van der Waals surface area (Å²) in [6, 6.07) is 7.94. The molecule has 3 heteroatoms. The second-order valence-corrected chi connectivity index (χ2v) is 3.85. The van der Waals surface area contributed by atoms with Crippen LogP contribution in [0.15, 0.2) is 24.3 Å². The van der Waals surface area contributed by atoms with E-state index in [9.17, 15) is 4.79 Å². The summed E-state index contributed by atoms with van der Waals surface area (Å²) < 4.78 is 0. The van der Waals surface area contributed by atoms with Crippen LogP contribution in [0.1, 0.15) is 18.0 Å². The van der Waals surface area contributed by atoms with Gasteiger partial charge in [-0.3, -0.25) is 10.1 Å². The van der Waals surface area contributed by atoms with Crippen molar-refractivity contribution in [2.24, 2.45) is 0 Å². The summed E-state index contributed by atoms with van der Waals surface area (Å²) >= 11 is 0. The van der Waals surface area contributed by atoms with E-state index in [1.165, 1.54) is 0 Å². The maximum absolute atomic E-state index is 11.8. The highest BCUT2D eigenvalue weighted by Crippen LogP contribution is 2.32. The highest BCUT2D eigenvalue weighted by Gasteiger charge is 2.27. The number of anilines is 1. The normalized spacial score (nSPS) is 19.1. The highest BCUT2D eigenvalue weighted by atomic mass is 16.2. The molecule has 1 N–H and O–H groups in total. The van der Waals surface area contributed by atoms with Crippen molar-refractivity contribution in [2.45, 2.75) is 12.5 Å². The Morgan fingerprint density at radius 1 is 1.56 bits per heavy atom. The number of amides is 1. The van der Waals surface area contributed by atoms with Gasteiger partial charge in [-0.15, -0.1) is 6.42 Å². The average Bonchev–Trinajstić information content (AvgIpc) is 2.32. The van der Waals surface area contributed by atoms with Crippen LogP contribution in [-0.4, -0.2) is 19.5 Å². The quantitative estimate of drug-likeness (QED) is 0.753. The molecule has 1 aromatic carbocycles. The largest absolute Gasteiger partial charge is 0.315 e. The monoisotopic (exact) mass is 214 g/mol. The molecule has 0 radical (unpaired) electrons. The molecule has 82 valence electrons. The van der Waals surface area contributed by atoms with Gasteiger partial charge in [-0.2, -0.15) is 0 Å². The first-order chi connectivity index (χ1) is 7.74. The van der Waals surface area contributed by atoms with E-state index in [1.54, 1.807) is 11.9 Å². The van der Waals surface area contributed by atoms with Gasteiger partial charge in [-0.25, -0.2) is 0 Å². The summed E-state index contributed by atoms with van der Waals surface area (Å²) in [6.45, 7) is 0.482. The van der Waals surface area contributed by atoms with Crippen LogP contribution >= 0.6 is 0 Å². The van der Waals surface area contributed by atoms with Crippen LogP contribution in [-0.2, 0) is 4.79 Å². The van der Waals surface area contributed by atoms with Crippen molar-refractivity contribution in [3.63, 3.8) is 0 Å². The zero-order chi connectivity index (χ0) is 11.5. The van der Waals surface area contributed by atoms with E-state index < -0.39 is 0 Å². The number of nitrogens with one attached hydrogen (secondary N) is 1. The first-order valence-corrected chi connectivity index (χ1v) is 5.26. The minimum atomic E-state index is 0.0379. The smallest absolute Gasteiger partial charge is 0.228 e. The van der Waals surface area contributed by atoms with E-state index in [0.717, 1.165) is 11.3 Å². The first-order valence-electron chi connectivity index (χ1n) is 5.26. The van der Waals surface area contributed by atoms with E-state index in [0.29, 0.717) is 13.0 Å². The molecule has 3 nitrogen and oxygen atoms in total. The van der Waals surface area contributed by atoms with Crippen molar-refractivity contribution in [2.75, 3.05) is 18.5 Å². The lowest BCUT2D eigenvalue weighted by molar-refractivity contribution is -0.119. The SMILES string of the molecule is C#CCNC1CC(=O)N(C)c2ccccc21. The maximum atomic E-state index is 11.8. The van der Waals surface area contributed by atoms with Crippen LogP contribution in [0.3, 0.4) is 0 Å². The fourth-order valence-electron chi connectivity index (χ4n) is 2.01. The van der Waals surface area contributed by atoms with Crippen molar-refractivity contribution >= 4 is 11.6 Å². The minimum absolute atomic E-state index is 0.0379. The molecule has 0 saturated carbocycles. The third-order valence-electron chi connectivity index (χ3n) is 2.88. The molecule has 0 bridgehead atoms. The average molecular weight is 214 g/mol. The maximum Gasteiger partial charge on any atom is 0.228 e. The van der Waals surface area contributed by atoms with Gasteiger partial charge in [0, 0.05) is 25.2 Å². The number of carbonyl (C=O) groups is 1. The molecule has 0 fully saturated rings. The third-order valence-corrected chi connectivity index (χ3v) is 2.88. The lowest BCUT2D eigenvalue weighted by Crippen LogP contribution is -2.37. The molecule has 0 saturated heterocycles. The molecule has 2 rings (SSSR count). The van der Waals surface area contributed by atoms with E-state index >= 15 is 0 Å². The molecule has 16 heavy (non-hydrogen) atoms. The highest BCUT2D eigenvalue weighted by molar-refractivity contribution is 5.96. The first kappa shape index (κ1) is 10.7. The van der Waals surface area contributed by atoms with Crippen molar-refractivity contribution in [1.29, 1.82) is 0 Å². The van der Waals surface area contributed by atoms with E-state index in [4.69, 9.17) is 6.42 Å². The van der Waals surface area contributed by atoms with Gasteiger partial charge in [-0.05, 0) is 11.6 Å². The Morgan fingerprint density at radius 2 is 2.31 bits per heavy atom. The van der Waals surface area contributed by atoms with Crippen LogP contribution in [0.4, 0.5) is 5.69 Å². The number of terminal acetylenes is 1. The Balaban J connectivity index is 2.34. The second kappa shape index (κ2) is 4.38. The summed E-state index contributed by atoms with van der Waals surface area (Å²) in [6.07, 6.45) is 5.69. The topological polar surface area (TPSA) is 32.3 Å². The van der Waals surface area contributed by atoms with E-state index in [1.807, 2.05) is 24.3 Å². The lowest BCUT2D eigenvalue weighted by atomic mass is 9.96. The zero-order valence-corrected chi connectivity index (χ0v) is 9.23. The Kier molecular flexibility index (Phi) is 2.93. The van der Waals surface area contributed by atoms with Crippen molar-refractivity contribution in [1.82, 2.24) is 5.32 Å². The van der Waals surface area contributed by atoms with Gasteiger partial charge in [0.15, 0.2) is 0 Å². The standard InChI is InChI=1S/C13H14N2O/c1-3-8-14-11-9-13(16)15(2)12-7-5-4-6-10(11)12/h1,4-7,11,14H,8-9H2,2H3. The predicted octanol–water partition coefficient (Wildman–Crippen LogP) is 1.32. The Morgan fingerprint density at radius 3 is 3.06 bits per heavy atom. The van der Waals surface area contributed by atoms with Crippen molar-refractivity contribution in [3.05, 3.63) is 29.8 Å². The third kappa shape index (κ3) is 1.80. The molecule has 0 spiro atoms. The molecule has 0 aromatic heterocycles. The molecule has 1 atom stereocenters. The summed E-state index contributed by atoms with van der Waals surface area (Å²) in [5.74, 6) is 2.65. The van der Waals surface area contributed by atoms with Gasteiger partial charge in [0.25, 0.3) is 0 Å². The number of hydrogen-bond donors (Lipinski definition) is 1. The zero-order valence-electron chi connectivity index (χ0n) is 9.23. The van der Waals surface area contributed by atoms with Crippen LogP contribution in [0.5, 0.6) is 0 Å². The number of hydrogen-bond acceptors (Lipinski definition) is 2. The van der Waals surface area contributed by atoms with Gasteiger partial charge in [0.05, 0.1) is 6.54 Å². The number of para-hydroxylation sites is 1. The van der Waals surface area contributed by atoms with Gasteiger partial charge in [0.1, 0.15) is 0 Å². The molecule has 1 amide bonds. The number of fused-ring (bicyclic) bond motifs is 1. The minimum Gasteiger partial charge on any atom is -0.315 e. The molecule has 1 unspecified atom stereocenters. The Hall–Kier alpha value is -1.79. The summed E-state index contributed by atoms with van der Waals surface area (Å²) in [5, 5.41) is 3.19. The molecular weight excluding hydrogens is 200 g/mol. The number of rotatable bonds is 2. The number of nitrogens with zero attached hydrogens (tertiary/aromatic N) is 1. The van der Waals surface area contributed by atoms with Crippen LogP contribution in [0.2, 0.25) is 0 Å². The van der Waals surface area contributed by atoms with Gasteiger partial charge in [0.2, 0.25) is 5.91 Å². The second-order valence-electron chi connectivity index (χ2n) is 3.85. The Labute approximate surface area is 95.5 Å². The van der Waals surface area contributed by atoms with Crippen molar-refractivity contribution < 1.29 is 4.79 Å². The fraction of sp³-hybridized carbons (Fsp3) is 0.308. The summed E-state index contributed by atoms with van der Waals surface area (Å²) in [7, 11) is 1.80. The molecule has 1 aromatic rings. The number of carbonyl (C=O) groups excluding carboxylic acids is 1. The van der Waals surface area contributed by atoms with E-state index in [2.05, 4.69) is 11.2 Å². The van der Waals surface area contributed by atoms with Crippen LogP contribution in [0, 0.1) is 12.3 Å². The summed E-state index contributed by atoms with van der Waals surface area (Å²) in [5.41, 5.74) is 2.10. The number of benzene rings is 1. The molecular formula is C13H14N2O. The van der Waals surface area contributed by atoms with E-state index in [-0.39, 0.29) is 11.9 Å². The van der Waals surface area contributed by atoms with Gasteiger partial charge < -0.3 is 4.90 Å². The van der Waals surface area contributed by atoms with Gasteiger partial charge in [-0.1, -0.05) is 24.1 Å². The van der Waals surface area contributed by atoms with Crippen LogP contribution in [0.25, 0.3) is 0 Å². The molecule has 1 aliphatic rings. The summed E-state index contributed by atoms with van der Waals surface area (Å²) in [4.78, 5) is 13.5. The van der Waals surface area contributed by atoms with Crippen molar-refractivity contribution in [3.8, 4) is 12.3 Å². The molecule has 1 heterocycles. The van der Waals surface area contributed by atoms with Gasteiger partial charge >= 0.3 is 0 Å². The van der Waals surface area contributed by atoms with Crippen LogP contribution < -0.4 is 10.2 Å². The lowest BCUT2D eigenvalue weighted by Gasteiger charge is -2.31. The predicted molar refractivity (Wildman–Crippen MR) is 64.0 cm³/mol. The Bertz CT molecular complexity index is 447. The molecule has 1 aliphatic heterocycles. The fourth-order valence-corrected chi connectivity index (χ4v) is 2.01. The molecule has 0 aliphatic carbocycles.